The number of nitrogens with zero attached hydrogens (tertiary/aromatic N) is 1. The summed E-state index contributed by atoms with van der Waals surface area (Å²) in [7, 11) is 0. The normalized spacial score (nSPS) is 27.6. The Labute approximate surface area is 101 Å². The number of piperidine rings is 1. The molecule has 0 aromatic carbocycles. The van der Waals surface area contributed by atoms with Gasteiger partial charge in [0.2, 0.25) is 5.91 Å². The molecular weight excluding hydrogens is 214 g/mol. The first kappa shape index (κ1) is 10.7. The molecule has 90 valence electrons. The third-order valence-electron chi connectivity index (χ3n) is 3.66. The maximum atomic E-state index is 11.1. The number of carbonyl (C=O) groups is 1. The van der Waals surface area contributed by atoms with Crippen molar-refractivity contribution in [2.75, 3.05) is 6.54 Å². The first-order valence-electron chi connectivity index (χ1n) is 6.29. The summed E-state index contributed by atoms with van der Waals surface area (Å²) >= 11 is 0. The highest BCUT2D eigenvalue weighted by Gasteiger charge is 2.27. The van der Waals surface area contributed by atoms with Gasteiger partial charge in [-0.1, -0.05) is 6.07 Å². The number of rotatable bonds is 2. The highest BCUT2D eigenvalue weighted by atomic mass is 16.1. The largest absolute Gasteiger partial charge is 0.355 e. The van der Waals surface area contributed by atoms with Crippen LogP contribution in [-0.2, 0) is 11.2 Å². The second-order valence-electron chi connectivity index (χ2n) is 4.85. The van der Waals surface area contributed by atoms with E-state index >= 15 is 0 Å². The van der Waals surface area contributed by atoms with Gasteiger partial charge in [0.1, 0.15) is 0 Å². The minimum atomic E-state index is 0.174. The zero-order valence-corrected chi connectivity index (χ0v) is 9.78. The van der Waals surface area contributed by atoms with Gasteiger partial charge in [0, 0.05) is 25.2 Å². The number of aryl methyl sites for hydroxylation is 1. The van der Waals surface area contributed by atoms with Gasteiger partial charge in [-0.15, -0.1) is 0 Å². The number of aromatic nitrogens is 1. The van der Waals surface area contributed by atoms with Crippen LogP contribution in [0.5, 0.6) is 0 Å². The van der Waals surface area contributed by atoms with Gasteiger partial charge in [-0.05, 0) is 30.9 Å². The molecule has 0 bridgehead atoms. The molecule has 4 heteroatoms. The Balaban J connectivity index is 1.65. The van der Waals surface area contributed by atoms with E-state index in [1.165, 1.54) is 11.3 Å². The fourth-order valence-electron chi connectivity index (χ4n) is 2.73. The van der Waals surface area contributed by atoms with Gasteiger partial charge in [-0.3, -0.25) is 9.78 Å². The molecule has 2 atom stereocenters. The minimum Gasteiger partial charge on any atom is -0.355 e. The summed E-state index contributed by atoms with van der Waals surface area (Å²) in [5.74, 6) is 0.174. The Hall–Kier alpha value is -1.42. The third kappa shape index (κ3) is 2.17. The van der Waals surface area contributed by atoms with E-state index < -0.39 is 0 Å². The second-order valence-corrected chi connectivity index (χ2v) is 4.85. The Kier molecular flexibility index (Phi) is 2.81. The van der Waals surface area contributed by atoms with Crippen molar-refractivity contribution < 1.29 is 4.79 Å². The van der Waals surface area contributed by atoms with Crippen LogP contribution in [0.2, 0.25) is 0 Å². The molecule has 1 aromatic heterocycles. The van der Waals surface area contributed by atoms with Crippen molar-refractivity contribution in [3.8, 4) is 0 Å². The molecule has 2 N–H and O–H groups in total. The lowest BCUT2D eigenvalue weighted by Gasteiger charge is -2.26. The lowest BCUT2D eigenvalue weighted by molar-refractivity contribution is -0.122. The van der Waals surface area contributed by atoms with Crippen molar-refractivity contribution in [1.29, 1.82) is 0 Å². The molecule has 0 saturated carbocycles. The standard InChI is InChI=1S/C13H17N3O/c17-12-6-4-10(8-15-12)16-11-5-3-9-2-1-7-14-13(9)11/h1-2,7,10-11,16H,3-6,8H2,(H,15,17). The van der Waals surface area contributed by atoms with Gasteiger partial charge in [0.05, 0.1) is 11.7 Å². The molecule has 17 heavy (non-hydrogen) atoms. The number of nitrogens with one attached hydrogen (secondary N) is 2. The summed E-state index contributed by atoms with van der Waals surface area (Å²) in [6.45, 7) is 0.748. The van der Waals surface area contributed by atoms with E-state index in [9.17, 15) is 4.79 Å². The molecule has 2 aliphatic rings. The number of carbonyl (C=O) groups excluding carboxylic acids is 1. The Morgan fingerprint density at radius 3 is 3.12 bits per heavy atom. The van der Waals surface area contributed by atoms with Crippen LogP contribution in [0, 0.1) is 0 Å². The molecule has 3 rings (SSSR count). The van der Waals surface area contributed by atoms with E-state index in [1.807, 2.05) is 12.3 Å². The summed E-state index contributed by atoms with van der Waals surface area (Å²) < 4.78 is 0. The van der Waals surface area contributed by atoms with Crippen molar-refractivity contribution in [2.24, 2.45) is 0 Å². The monoisotopic (exact) mass is 231 g/mol. The van der Waals surface area contributed by atoms with Gasteiger partial charge in [0.25, 0.3) is 0 Å². The van der Waals surface area contributed by atoms with Crippen molar-refractivity contribution in [3.05, 3.63) is 29.6 Å². The molecule has 1 aliphatic carbocycles. The molecule has 1 fully saturated rings. The highest BCUT2D eigenvalue weighted by Crippen LogP contribution is 2.29. The smallest absolute Gasteiger partial charge is 0.220 e. The Bertz CT molecular complexity index is 422. The van der Waals surface area contributed by atoms with Gasteiger partial charge in [0.15, 0.2) is 0 Å². The quantitative estimate of drug-likeness (QED) is 0.796. The number of amides is 1. The maximum Gasteiger partial charge on any atom is 0.220 e. The predicted octanol–water partition coefficient (Wildman–Crippen LogP) is 0.937. The van der Waals surface area contributed by atoms with Crippen LogP contribution in [0.1, 0.15) is 36.6 Å². The SMILES string of the molecule is O=C1CCC(NC2CCc3cccnc32)CN1. The molecule has 1 saturated heterocycles. The first-order chi connectivity index (χ1) is 8.33. The van der Waals surface area contributed by atoms with Gasteiger partial charge in [-0.2, -0.15) is 0 Å². The van der Waals surface area contributed by atoms with Gasteiger partial charge >= 0.3 is 0 Å². The molecule has 4 nitrogen and oxygen atoms in total. The van der Waals surface area contributed by atoms with E-state index in [0.29, 0.717) is 18.5 Å². The van der Waals surface area contributed by atoms with E-state index in [0.717, 1.165) is 25.8 Å². The van der Waals surface area contributed by atoms with Crippen molar-refractivity contribution in [2.45, 2.75) is 37.8 Å². The predicted molar refractivity (Wildman–Crippen MR) is 64.5 cm³/mol. The molecule has 1 aliphatic heterocycles. The number of hydrogen-bond donors (Lipinski definition) is 2. The average molecular weight is 231 g/mol. The summed E-state index contributed by atoms with van der Waals surface area (Å²) in [6.07, 6.45) is 5.67. The van der Waals surface area contributed by atoms with Crippen LogP contribution in [-0.4, -0.2) is 23.5 Å². The summed E-state index contributed by atoms with van der Waals surface area (Å²) in [6, 6.07) is 4.92. The van der Waals surface area contributed by atoms with Crippen LogP contribution in [0.15, 0.2) is 18.3 Å². The fraction of sp³-hybridized carbons (Fsp3) is 0.538. The van der Waals surface area contributed by atoms with Crippen molar-refractivity contribution >= 4 is 5.91 Å². The van der Waals surface area contributed by atoms with Gasteiger partial charge < -0.3 is 10.6 Å². The molecule has 1 aromatic rings. The van der Waals surface area contributed by atoms with Crippen LogP contribution in [0.3, 0.4) is 0 Å². The number of fused-ring (bicyclic) bond motifs is 1. The maximum absolute atomic E-state index is 11.1. The molecule has 2 heterocycles. The van der Waals surface area contributed by atoms with E-state index in [4.69, 9.17) is 0 Å². The third-order valence-corrected chi connectivity index (χ3v) is 3.66. The van der Waals surface area contributed by atoms with Crippen LogP contribution in [0.4, 0.5) is 0 Å². The van der Waals surface area contributed by atoms with Crippen LogP contribution < -0.4 is 10.6 Å². The molecule has 0 spiro atoms. The lowest BCUT2D eigenvalue weighted by atomic mass is 10.1. The van der Waals surface area contributed by atoms with E-state index in [2.05, 4.69) is 21.7 Å². The second kappa shape index (κ2) is 4.45. The van der Waals surface area contributed by atoms with Crippen LogP contribution >= 0.6 is 0 Å². The number of hydrogen-bond acceptors (Lipinski definition) is 3. The molecule has 0 radical (unpaired) electrons. The van der Waals surface area contributed by atoms with E-state index in [-0.39, 0.29) is 5.91 Å². The van der Waals surface area contributed by atoms with Crippen molar-refractivity contribution in [3.63, 3.8) is 0 Å². The van der Waals surface area contributed by atoms with Gasteiger partial charge in [-0.25, -0.2) is 0 Å². The summed E-state index contributed by atoms with van der Waals surface area (Å²) in [5, 5.41) is 6.53. The zero-order valence-electron chi connectivity index (χ0n) is 9.78. The minimum absolute atomic E-state index is 0.174. The summed E-state index contributed by atoms with van der Waals surface area (Å²) in [5.41, 5.74) is 2.56. The topological polar surface area (TPSA) is 54.0 Å². The lowest BCUT2D eigenvalue weighted by Crippen LogP contribution is -2.46. The van der Waals surface area contributed by atoms with Crippen LogP contribution in [0.25, 0.3) is 0 Å². The first-order valence-corrected chi connectivity index (χ1v) is 6.29. The zero-order chi connectivity index (χ0) is 11.7. The molecule has 1 amide bonds. The average Bonchev–Trinajstić information content (AvgIpc) is 2.76. The van der Waals surface area contributed by atoms with E-state index in [1.54, 1.807) is 0 Å². The summed E-state index contributed by atoms with van der Waals surface area (Å²) in [4.78, 5) is 15.6. The fourth-order valence-corrected chi connectivity index (χ4v) is 2.73. The Morgan fingerprint density at radius 2 is 2.29 bits per heavy atom. The highest BCUT2D eigenvalue weighted by molar-refractivity contribution is 5.76. The molecular formula is C13H17N3O. The molecule has 2 unspecified atom stereocenters. The number of pyridine rings is 1. The Morgan fingerprint density at radius 1 is 1.35 bits per heavy atom. The van der Waals surface area contributed by atoms with Crippen molar-refractivity contribution in [1.82, 2.24) is 15.6 Å².